The summed E-state index contributed by atoms with van der Waals surface area (Å²) < 4.78 is 1.37. The van der Waals surface area contributed by atoms with Crippen LogP contribution in [0.5, 0.6) is 5.75 Å². The van der Waals surface area contributed by atoms with Crippen LogP contribution in [0.3, 0.4) is 0 Å². The van der Waals surface area contributed by atoms with Gasteiger partial charge in [-0.25, -0.2) is 0 Å². The third-order valence-corrected chi connectivity index (χ3v) is 3.77. The second kappa shape index (κ2) is 5.94. The quantitative estimate of drug-likeness (QED) is 0.752. The lowest BCUT2D eigenvalue weighted by molar-refractivity contribution is 0.102. The van der Waals surface area contributed by atoms with Crippen LogP contribution in [-0.4, -0.2) is 11.0 Å². The minimum Gasteiger partial charge on any atom is -0.507 e. The molecular weight excluding hydrogens is 397 g/mol. The number of carbonyl (C=O) groups excluding carboxylic acids is 1. The predicted molar refractivity (Wildman–Crippen MR) is 82.9 cm³/mol. The minimum atomic E-state index is -0.395. The summed E-state index contributed by atoms with van der Waals surface area (Å²) in [5.74, 6) is -0.481. The molecule has 0 heterocycles. The molecule has 0 saturated carbocycles. The summed E-state index contributed by atoms with van der Waals surface area (Å²) in [6.45, 7) is 0. The highest BCUT2D eigenvalue weighted by molar-refractivity contribution is 9.10. The van der Waals surface area contributed by atoms with Crippen molar-refractivity contribution in [3.8, 4) is 5.75 Å². The van der Waals surface area contributed by atoms with Crippen molar-refractivity contribution in [1.82, 2.24) is 0 Å². The maximum atomic E-state index is 12.0. The lowest BCUT2D eigenvalue weighted by atomic mass is 10.2. The number of carbonyl (C=O) groups is 1. The molecule has 0 bridgehead atoms. The first-order valence-corrected chi connectivity index (χ1v) is 7.18. The van der Waals surface area contributed by atoms with Crippen molar-refractivity contribution in [2.45, 2.75) is 0 Å². The Labute approximate surface area is 131 Å². The van der Waals surface area contributed by atoms with Gasteiger partial charge in [0, 0.05) is 14.0 Å². The first kappa shape index (κ1) is 14.4. The van der Waals surface area contributed by atoms with Crippen LogP contribution in [0.4, 0.5) is 5.69 Å². The maximum Gasteiger partial charge on any atom is 0.259 e. The average Bonchev–Trinajstić information content (AvgIpc) is 2.32. The van der Waals surface area contributed by atoms with E-state index in [1.54, 1.807) is 30.3 Å². The van der Waals surface area contributed by atoms with Gasteiger partial charge in [-0.3, -0.25) is 4.79 Å². The molecule has 2 N–H and O–H groups in total. The summed E-state index contributed by atoms with van der Waals surface area (Å²) >= 11 is 12.4. The molecule has 0 aromatic heterocycles. The molecule has 2 aromatic carbocycles. The van der Waals surface area contributed by atoms with Crippen LogP contribution in [0.2, 0.25) is 5.02 Å². The van der Waals surface area contributed by atoms with Gasteiger partial charge in [0.2, 0.25) is 0 Å². The molecular formula is C13H8Br2ClNO2. The highest BCUT2D eigenvalue weighted by Gasteiger charge is 2.13. The first-order valence-electron chi connectivity index (χ1n) is 5.22. The molecule has 2 aromatic rings. The standard InChI is InChI=1S/C13H8Br2ClNO2/c14-7-1-3-9(12(18)5-7)13(19)17-11-4-2-8(16)6-10(11)15/h1-6,18H,(H,17,19). The van der Waals surface area contributed by atoms with Crippen LogP contribution in [-0.2, 0) is 0 Å². The summed E-state index contributed by atoms with van der Waals surface area (Å²) in [4.78, 5) is 12.0. The number of hydrogen-bond donors (Lipinski definition) is 2. The Balaban J connectivity index is 2.25. The van der Waals surface area contributed by atoms with Gasteiger partial charge in [0.1, 0.15) is 5.75 Å². The minimum absolute atomic E-state index is 0.0861. The van der Waals surface area contributed by atoms with Gasteiger partial charge in [0.05, 0.1) is 11.3 Å². The van der Waals surface area contributed by atoms with Crippen LogP contribution in [0.15, 0.2) is 45.3 Å². The third-order valence-electron chi connectivity index (χ3n) is 2.38. The van der Waals surface area contributed by atoms with E-state index in [-0.39, 0.29) is 11.3 Å². The fraction of sp³-hybridized carbons (Fsp3) is 0. The number of nitrogens with one attached hydrogen (secondary N) is 1. The van der Waals surface area contributed by atoms with E-state index in [4.69, 9.17) is 11.6 Å². The van der Waals surface area contributed by atoms with Gasteiger partial charge in [-0.2, -0.15) is 0 Å². The van der Waals surface area contributed by atoms with E-state index in [0.717, 1.165) is 0 Å². The maximum absolute atomic E-state index is 12.0. The highest BCUT2D eigenvalue weighted by atomic mass is 79.9. The zero-order valence-corrected chi connectivity index (χ0v) is 13.4. The van der Waals surface area contributed by atoms with Gasteiger partial charge in [-0.1, -0.05) is 27.5 Å². The number of phenolic OH excluding ortho intramolecular Hbond substituents is 1. The SMILES string of the molecule is O=C(Nc1ccc(Cl)cc1Br)c1ccc(Br)cc1O. The van der Waals surface area contributed by atoms with E-state index in [9.17, 15) is 9.90 Å². The topological polar surface area (TPSA) is 49.3 Å². The first-order chi connectivity index (χ1) is 8.97. The highest BCUT2D eigenvalue weighted by Crippen LogP contribution is 2.28. The van der Waals surface area contributed by atoms with E-state index in [0.29, 0.717) is 19.7 Å². The van der Waals surface area contributed by atoms with Crippen molar-refractivity contribution in [3.05, 3.63) is 55.9 Å². The van der Waals surface area contributed by atoms with Crippen LogP contribution < -0.4 is 5.32 Å². The Morgan fingerprint density at radius 2 is 1.89 bits per heavy atom. The molecule has 0 radical (unpaired) electrons. The molecule has 0 saturated heterocycles. The number of amides is 1. The number of hydrogen-bond acceptors (Lipinski definition) is 2. The molecule has 98 valence electrons. The van der Waals surface area contributed by atoms with Crippen molar-refractivity contribution in [2.75, 3.05) is 5.32 Å². The molecule has 19 heavy (non-hydrogen) atoms. The Hall–Kier alpha value is -1.04. The van der Waals surface area contributed by atoms with Gasteiger partial charge >= 0.3 is 0 Å². The summed E-state index contributed by atoms with van der Waals surface area (Å²) in [5.41, 5.74) is 0.779. The molecule has 0 aliphatic rings. The van der Waals surface area contributed by atoms with E-state index >= 15 is 0 Å². The summed E-state index contributed by atoms with van der Waals surface area (Å²) in [6.07, 6.45) is 0. The summed E-state index contributed by atoms with van der Waals surface area (Å²) in [7, 11) is 0. The van der Waals surface area contributed by atoms with Crippen molar-refractivity contribution in [1.29, 1.82) is 0 Å². The number of aromatic hydroxyl groups is 1. The van der Waals surface area contributed by atoms with Gasteiger partial charge in [0.25, 0.3) is 5.91 Å². The lowest BCUT2D eigenvalue weighted by Crippen LogP contribution is -2.12. The van der Waals surface area contributed by atoms with Crippen molar-refractivity contribution in [2.24, 2.45) is 0 Å². The molecule has 3 nitrogen and oxygen atoms in total. The van der Waals surface area contributed by atoms with Crippen molar-refractivity contribution in [3.63, 3.8) is 0 Å². The Bertz CT molecular complexity index is 647. The smallest absolute Gasteiger partial charge is 0.259 e. The summed E-state index contributed by atoms with van der Waals surface area (Å²) in [6, 6.07) is 9.72. The Morgan fingerprint density at radius 3 is 2.53 bits per heavy atom. The van der Waals surface area contributed by atoms with E-state index in [1.165, 1.54) is 6.07 Å². The van der Waals surface area contributed by atoms with Gasteiger partial charge < -0.3 is 10.4 Å². The van der Waals surface area contributed by atoms with Crippen molar-refractivity contribution >= 4 is 55.1 Å². The van der Waals surface area contributed by atoms with Crippen LogP contribution in [0.1, 0.15) is 10.4 Å². The number of rotatable bonds is 2. The van der Waals surface area contributed by atoms with Gasteiger partial charge in [-0.15, -0.1) is 0 Å². The third kappa shape index (κ3) is 3.49. The van der Waals surface area contributed by atoms with Crippen LogP contribution in [0, 0.1) is 0 Å². The zero-order valence-electron chi connectivity index (χ0n) is 9.45. The molecule has 1 amide bonds. The van der Waals surface area contributed by atoms with Crippen molar-refractivity contribution < 1.29 is 9.90 Å². The molecule has 0 fully saturated rings. The molecule has 0 atom stereocenters. The monoisotopic (exact) mass is 403 g/mol. The molecule has 0 aliphatic heterocycles. The van der Waals surface area contributed by atoms with Gasteiger partial charge in [0.15, 0.2) is 0 Å². The zero-order chi connectivity index (χ0) is 14.0. The molecule has 0 spiro atoms. The number of phenols is 1. The second-order valence-electron chi connectivity index (χ2n) is 3.74. The largest absolute Gasteiger partial charge is 0.507 e. The summed E-state index contributed by atoms with van der Waals surface area (Å²) in [5, 5.41) is 13.0. The number of benzene rings is 2. The normalized spacial score (nSPS) is 10.3. The van der Waals surface area contributed by atoms with E-state index in [1.807, 2.05) is 0 Å². The predicted octanol–water partition coefficient (Wildman–Crippen LogP) is 4.82. The molecule has 0 unspecified atom stereocenters. The van der Waals surface area contributed by atoms with Crippen LogP contribution in [0.25, 0.3) is 0 Å². The molecule has 2 rings (SSSR count). The van der Waals surface area contributed by atoms with E-state index in [2.05, 4.69) is 37.2 Å². The lowest BCUT2D eigenvalue weighted by Gasteiger charge is -2.09. The average molecular weight is 405 g/mol. The molecule has 0 aliphatic carbocycles. The number of halogens is 3. The Morgan fingerprint density at radius 1 is 1.16 bits per heavy atom. The fourth-order valence-corrected chi connectivity index (χ4v) is 2.61. The fourth-order valence-electron chi connectivity index (χ4n) is 1.48. The number of anilines is 1. The second-order valence-corrected chi connectivity index (χ2v) is 5.95. The van der Waals surface area contributed by atoms with E-state index < -0.39 is 5.91 Å². The Kier molecular flexibility index (Phi) is 4.50. The van der Waals surface area contributed by atoms with Gasteiger partial charge in [-0.05, 0) is 52.3 Å². The molecule has 6 heteroatoms. The van der Waals surface area contributed by atoms with Crippen LogP contribution >= 0.6 is 43.5 Å².